The molecule has 3 rings (SSSR count). The van der Waals surface area contributed by atoms with Crippen molar-refractivity contribution >= 4 is 11.6 Å². The van der Waals surface area contributed by atoms with Crippen LogP contribution in [0, 0.1) is 11.3 Å². The standard InChI is InChI=1S/C21H20N4O4/c1-26-17-6-5-13(9-14(17)12-22)16-7-8-23-21(25-16)24-15-10-18(27-2)20(29-4)19(11-15)28-3/h5-11H,1-4H3,(H,23,24,25). The molecule has 0 bridgehead atoms. The van der Waals surface area contributed by atoms with Gasteiger partial charge >= 0.3 is 0 Å². The largest absolute Gasteiger partial charge is 0.495 e. The highest BCUT2D eigenvalue weighted by molar-refractivity contribution is 5.68. The van der Waals surface area contributed by atoms with Gasteiger partial charge < -0.3 is 24.3 Å². The molecular weight excluding hydrogens is 372 g/mol. The van der Waals surface area contributed by atoms with Gasteiger partial charge in [-0.2, -0.15) is 5.26 Å². The lowest BCUT2D eigenvalue weighted by Crippen LogP contribution is -2.01. The highest BCUT2D eigenvalue weighted by atomic mass is 16.5. The lowest BCUT2D eigenvalue weighted by molar-refractivity contribution is 0.324. The molecule has 2 aromatic carbocycles. The third-order valence-corrected chi connectivity index (χ3v) is 4.19. The number of rotatable bonds is 7. The summed E-state index contributed by atoms with van der Waals surface area (Å²) in [5.74, 6) is 2.42. The molecule has 3 aromatic rings. The lowest BCUT2D eigenvalue weighted by Gasteiger charge is -2.14. The van der Waals surface area contributed by atoms with Crippen LogP contribution in [-0.4, -0.2) is 38.4 Å². The molecule has 0 amide bonds. The normalized spacial score (nSPS) is 10.0. The van der Waals surface area contributed by atoms with Crippen LogP contribution in [0.15, 0.2) is 42.6 Å². The van der Waals surface area contributed by atoms with E-state index in [9.17, 15) is 5.26 Å². The fourth-order valence-electron chi connectivity index (χ4n) is 2.82. The fraction of sp³-hybridized carbons (Fsp3) is 0.190. The third kappa shape index (κ3) is 4.14. The average molecular weight is 392 g/mol. The highest BCUT2D eigenvalue weighted by Gasteiger charge is 2.14. The van der Waals surface area contributed by atoms with Crippen molar-refractivity contribution in [1.29, 1.82) is 5.26 Å². The molecule has 0 spiro atoms. The molecule has 1 N–H and O–H groups in total. The minimum Gasteiger partial charge on any atom is -0.495 e. The summed E-state index contributed by atoms with van der Waals surface area (Å²) in [6, 6.07) is 12.7. The molecule has 0 aliphatic heterocycles. The fourth-order valence-corrected chi connectivity index (χ4v) is 2.82. The zero-order valence-corrected chi connectivity index (χ0v) is 16.5. The Morgan fingerprint density at radius 2 is 1.55 bits per heavy atom. The summed E-state index contributed by atoms with van der Waals surface area (Å²) in [7, 11) is 6.17. The first-order valence-corrected chi connectivity index (χ1v) is 8.62. The highest BCUT2D eigenvalue weighted by Crippen LogP contribution is 2.40. The van der Waals surface area contributed by atoms with E-state index in [4.69, 9.17) is 18.9 Å². The number of methoxy groups -OCH3 is 4. The Balaban J connectivity index is 1.94. The van der Waals surface area contributed by atoms with Crippen LogP contribution >= 0.6 is 0 Å². The maximum absolute atomic E-state index is 9.30. The van der Waals surface area contributed by atoms with Gasteiger partial charge in [-0.25, -0.2) is 9.97 Å². The average Bonchev–Trinajstić information content (AvgIpc) is 2.77. The van der Waals surface area contributed by atoms with Crippen molar-refractivity contribution in [3.8, 4) is 40.3 Å². The van der Waals surface area contributed by atoms with Gasteiger partial charge in [0.05, 0.1) is 39.7 Å². The molecule has 0 fully saturated rings. The lowest BCUT2D eigenvalue weighted by atomic mass is 10.1. The van der Waals surface area contributed by atoms with E-state index in [1.165, 1.54) is 7.11 Å². The summed E-state index contributed by atoms with van der Waals surface area (Å²) >= 11 is 0. The molecular formula is C21H20N4O4. The van der Waals surface area contributed by atoms with E-state index < -0.39 is 0 Å². The monoisotopic (exact) mass is 392 g/mol. The van der Waals surface area contributed by atoms with Crippen LogP contribution < -0.4 is 24.3 Å². The Morgan fingerprint density at radius 1 is 0.862 bits per heavy atom. The van der Waals surface area contributed by atoms with Gasteiger partial charge in [0.25, 0.3) is 0 Å². The van der Waals surface area contributed by atoms with Gasteiger partial charge in [-0.1, -0.05) is 0 Å². The van der Waals surface area contributed by atoms with Gasteiger partial charge in [0.1, 0.15) is 11.8 Å². The van der Waals surface area contributed by atoms with Gasteiger partial charge in [-0.3, -0.25) is 0 Å². The smallest absolute Gasteiger partial charge is 0.227 e. The van der Waals surface area contributed by atoms with Crippen LogP contribution in [-0.2, 0) is 0 Å². The number of nitrogens with zero attached hydrogens (tertiary/aromatic N) is 3. The molecule has 0 atom stereocenters. The van der Waals surface area contributed by atoms with Crippen LogP contribution in [0.4, 0.5) is 11.6 Å². The van der Waals surface area contributed by atoms with Gasteiger partial charge in [0, 0.05) is 29.6 Å². The van der Waals surface area contributed by atoms with E-state index in [0.717, 1.165) is 5.56 Å². The summed E-state index contributed by atoms with van der Waals surface area (Å²) in [6.07, 6.45) is 1.64. The van der Waals surface area contributed by atoms with E-state index in [1.54, 1.807) is 57.9 Å². The van der Waals surface area contributed by atoms with Gasteiger partial charge in [-0.05, 0) is 24.3 Å². The molecule has 1 aromatic heterocycles. The van der Waals surface area contributed by atoms with Gasteiger partial charge in [0.2, 0.25) is 11.7 Å². The molecule has 0 saturated heterocycles. The molecule has 0 aliphatic carbocycles. The summed E-state index contributed by atoms with van der Waals surface area (Å²) in [4.78, 5) is 8.80. The molecule has 8 heteroatoms. The number of ether oxygens (including phenoxy) is 4. The predicted octanol–water partition coefficient (Wildman–Crippen LogP) is 3.79. The molecule has 0 aliphatic rings. The second-order valence-corrected chi connectivity index (χ2v) is 5.83. The van der Waals surface area contributed by atoms with Crippen molar-refractivity contribution in [2.75, 3.05) is 33.8 Å². The van der Waals surface area contributed by atoms with Crippen LogP contribution in [0.2, 0.25) is 0 Å². The predicted molar refractivity (Wildman–Crippen MR) is 108 cm³/mol. The van der Waals surface area contributed by atoms with Gasteiger partial charge in [-0.15, -0.1) is 0 Å². The van der Waals surface area contributed by atoms with Crippen LogP contribution in [0.1, 0.15) is 5.56 Å². The Labute approximate surface area is 168 Å². The molecule has 8 nitrogen and oxygen atoms in total. The van der Waals surface area contributed by atoms with Crippen molar-refractivity contribution in [3.05, 3.63) is 48.2 Å². The second-order valence-electron chi connectivity index (χ2n) is 5.83. The van der Waals surface area contributed by atoms with Crippen molar-refractivity contribution in [2.45, 2.75) is 0 Å². The Hall–Kier alpha value is -3.99. The number of anilines is 2. The van der Waals surface area contributed by atoms with Crippen LogP contribution in [0.5, 0.6) is 23.0 Å². The molecule has 0 radical (unpaired) electrons. The second kappa shape index (κ2) is 8.80. The van der Waals surface area contributed by atoms with E-state index >= 15 is 0 Å². The quantitative estimate of drug-likeness (QED) is 0.648. The van der Waals surface area contributed by atoms with E-state index in [1.807, 2.05) is 6.07 Å². The first-order chi connectivity index (χ1) is 14.1. The topological polar surface area (TPSA) is 98.5 Å². The maximum Gasteiger partial charge on any atom is 0.227 e. The van der Waals surface area contributed by atoms with E-state index in [-0.39, 0.29) is 0 Å². The zero-order chi connectivity index (χ0) is 20.8. The number of benzene rings is 2. The van der Waals surface area contributed by atoms with Crippen LogP contribution in [0.3, 0.4) is 0 Å². The SMILES string of the molecule is COc1ccc(-c2ccnc(Nc3cc(OC)c(OC)c(OC)c3)n2)cc1C#N. The van der Waals surface area contributed by atoms with Crippen molar-refractivity contribution in [1.82, 2.24) is 9.97 Å². The molecule has 1 heterocycles. The Morgan fingerprint density at radius 3 is 2.14 bits per heavy atom. The Bertz CT molecular complexity index is 1040. The first kappa shape index (κ1) is 19.8. The zero-order valence-electron chi connectivity index (χ0n) is 16.5. The third-order valence-electron chi connectivity index (χ3n) is 4.19. The van der Waals surface area contributed by atoms with Crippen molar-refractivity contribution in [2.24, 2.45) is 0 Å². The Kier molecular flexibility index (Phi) is 6.00. The first-order valence-electron chi connectivity index (χ1n) is 8.62. The number of nitriles is 1. The summed E-state index contributed by atoms with van der Waals surface area (Å²) < 4.78 is 21.3. The maximum atomic E-state index is 9.30. The molecule has 0 unspecified atom stereocenters. The number of hydrogen-bond acceptors (Lipinski definition) is 8. The summed E-state index contributed by atoms with van der Waals surface area (Å²) in [6.45, 7) is 0. The number of hydrogen-bond donors (Lipinski definition) is 1. The van der Waals surface area contributed by atoms with Crippen LogP contribution in [0.25, 0.3) is 11.3 Å². The summed E-state index contributed by atoms with van der Waals surface area (Å²) in [5.41, 5.74) is 2.54. The molecule has 148 valence electrons. The minimum absolute atomic E-state index is 0.381. The summed E-state index contributed by atoms with van der Waals surface area (Å²) in [5, 5.41) is 12.4. The van der Waals surface area contributed by atoms with E-state index in [2.05, 4.69) is 21.4 Å². The number of aromatic nitrogens is 2. The van der Waals surface area contributed by atoms with Crippen molar-refractivity contribution in [3.63, 3.8) is 0 Å². The van der Waals surface area contributed by atoms with E-state index in [0.29, 0.717) is 45.9 Å². The van der Waals surface area contributed by atoms with Gasteiger partial charge in [0.15, 0.2) is 11.5 Å². The molecule has 29 heavy (non-hydrogen) atoms. The molecule has 0 saturated carbocycles. The van der Waals surface area contributed by atoms with Crippen molar-refractivity contribution < 1.29 is 18.9 Å². The minimum atomic E-state index is 0.381. The number of nitrogens with one attached hydrogen (secondary N) is 1.